The van der Waals surface area contributed by atoms with E-state index in [1.54, 1.807) is 0 Å². The predicted molar refractivity (Wildman–Crippen MR) is 69.6 cm³/mol. The third-order valence-electron chi connectivity index (χ3n) is 2.39. The van der Waals surface area contributed by atoms with Crippen molar-refractivity contribution < 1.29 is 27.5 Å². The van der Waals surface area contributed by atoms with Gasteiger partial charge in [0.1, 0.15) is 5.82 Å². The summed E-state index contributed by atoms with van der Waals surface area (Å²) in [5.74, 6) is -1.62. The first-order valence-electron chi connectivity index (χ1n) is 5.86. The quantitative estimate of drug-likeness (QED) is 0.788. The molecule has 0 spiro atoms. The summed E-state index contributed by atoms with van der Waals surface area (Å²) in [6.07, 6.45) is -4.50. The van der Waals surface area contributed by atoms with E-state index in [2.05, 4.69) is 5.32 Å². The second-order valence-electron chi connectivity index (χ2n) is 4.22. The van der Waals surface area contributed by atoms with Gasteiger partial charge in [-0.05, 0) is 18.2 Å². The summed E-state index contributed by atoms with van der Waals surface area (Å²) < 4.78 is 50.3. The van der Waals surface area contributed by atoms with Crippen LogP contribution in [0, 0.1) is 5.82 Å². The first-order valence-corrected chi connectivity index (χ1v) is 6.24. The predicted octanol–water partition coefficient (Wildman–Crippen LogP) is 2.27. The fourth-order valence-corrected chi connectivity index (χ4v) is 1.75. The number of amides is 1. The Morgan fingerprint density at radius 1 is 1.38 bits per heavy atom. The molecule has 4 nitrogen and oxygen atoms in total. The summed E-state index contributed by atoms with van der Waals surface area (Å²) in [6.45, 7) is -2.82. The zero-order chi connectivity index (χ0) is 16.0. The Labute approximate surface area is 123 Å². The van der Waals surface area contributed by atoms with E-state index in [1.807, 2.05) is 0 Å². The molecule has 0 bridgehead atoms. The Balaban J connectivity index is 2.65. The van der Waals surface area contributed by atoms with Gasteiger partial charge in [-0.15, -0.1) is 0 Å². The van der Waals surface area contributed by atoms with E-state index < -0.39 is 37.6 Å². The number of alkyl halides is 3. The molecule has 1 aromatic carbocycles. The summed E-state index contributed by atoms with van der Waals surface area (Å²) >= 11 is 5.54. The zero-order valence-electron chi connectivity index (χ0n) is 10.8. The number of aliphatic hydroxyl groups excluding tert-OH is 1. The summed E-state index contributed by atoms with van der Waals surface area (Å²) in [7, 11) is 0. The van der Waals surface area contributed by atoms with Crippen LogP contribution in [-0.2, 0) is 4.79 Å². The summed E-state index contributed by atoms with van der Waals surface area (Å²) in [5.41, 5.74) is -0.180. The lowest BCUT2D eigenvalue weighted by Crippen LogP contribution is -2.41. The van der Waals surface area contributed by atoms with E-state index in [-0.39, 0.29) is 17.3 Å². The van der Waals surface area contributed by atoms with Crippen molar-refractivity contribution in [2.45, 2.75) is 6.18 Å². The highest BCUT2D eigenvalue weighted by Gasteiger charge is 2.31. The lowest BCUT2D eigenvalue weighted by molar-refractivity contribution is -0.148. The number of hydrogen-bond acceptors (Lipinski definition) is 3. The average molecular weight is 329 g/mol. The third kappa shape index (κ3) is 6.74. The minimum atomic E-state index is -4.50. The van der Waals surface area contributed by atoms with Crippen molar-refractivity contribution in [3.63, 3.8) is 0 Å². The van der Waals surface area contributed by atoms with Crippen LogP contribution in [0.25, 0.3) is 0 Å². The van der Waals surface area contributed by atoms with Crippen LogP contribution in [0.3, 0.4) is 0 Å². The molecule has 21 heavy (non-hydrogen) atoms. The monoisotopic (exact) mass is 328 g/mol. The van der Waals surface area contributed by atoms with Crippen molar-refractivity contribution in [3.05, 3.63) is 29.0 Å². The van der Waals surface area contributed by atoms with Crippen LogP contribution in [0.2, 0.25) is 5.02 Å². The number of carbonyl (C=O) groups is 1. The number of benzene rings is 1. The number of nitrogens with zero attached hydrogens (tertiary/aromatic N) is 1. The Morgan fingerprint density at radius 3 is 2.57 bits per heavy atom. The third-order valence-corrected chi connectivity index (χ3v) is 2.63. The smallest absolute Gasteiger partial charge is 0.395 e. The molecule has 0 atom stereocenters. The van der Waals surface area contributed by atoms with Crippen LogP contribution >= 0.6 is 11.6 Å². The van der Waals surface area contributed by atoms with E-state index >= 15 is 0 Å². The standard InChI is InChI=1S/C12H13ClF4N2O2/c13-8-1-2-10(9(14)5-8)18-11(21)6-19(3-4-20)7-12(15,16)17/h1-2,5,20H,3-4,6-7H2,(H,18,21). The highest BCUT2D eigenvalue weighted by molar-refractivity contribution is 6.30. The van der Waals surface area contributed by atoms with Crippen molar-refractivity contribution in [2.75, 3.05) is 31.6 Å². The molecule has 1 aromatic rings. The molecule has 2 N–H and O–H groups in total. The van der Waals surface area contributed by atoms with E-state index in [0.29, 0.717) is 4.90 Å². The van der Waals surface area contributed by atoms with Gasteiger partial charge in [-0.1, -0.05) is 11.6 Å². The maximum atomic E-state index is 13.4. The number of halogens is 5. The Bertz CT molecular complexity index is 497. The van der Waals surface area contributed by atoms with Gasteiger partial charge in [0, 0.05) is 11.6 Å². The van der Waals surface area contributed by atoms with Gasteiger partial charge in [0.05, 0.1) is 25.4 Å². The van der Waals surface area contributed by atoms with E-state index in [9.17, 15) is 22.4 Å². The maximum absolute atomic E-state index is 13.4. The number of nitrogens with one attached hydrogen (secondary N) is 1. The Morgan fingerprint density at radius 2 is 2.05 bits per heavy atom. The average Bonchev–Trinajstić information content (AvgIpc) is 2.31. The van der Waals surface area contributed by atoms with Crippen LogP contribution < -0.4 is 5.32 Å². The van der Waals surface area contributed by atoms with Crippen LogP contribution in [0.1, 0.15) is 0 Å². The molecule has 0 saturated carbocycles. The molecule has 0 saturated heterocycles. The number of aliphatic hydroxyl groups is 1. The molecule has 0 unspecified atom stereocenters. The fraction of sp³-hybridized carbons (Fsp3) is 0.417. The topological polar surface area (TPSA) is 52.6 Å². The molecule has 1 rings (SSSR count). The van der Waals surface area contributed by atoms with Crippen LogP contribution in [0.4, 0.5) is 23.2 Å². The minimum Gasteiger partial charge on any atom is -0.395 e. The largest absolute Gasteiger partial charge is 0.401 e. The van der Waals surface area contributed by atoms with Crippen molar-refractivity contribution in [1.29, 1.82) is 0 Å². The summed E-state index contributed by atoms with van der Waals surface area (Å²) in [6, 6.07) is 3.51. The first kappa shape index (κ1) is 17.7. The molecule has 0 aliphatic heterocycles. The lowest BCUT2D eigenvalue weighted by atomic mass is 10.3. The highest BCUT2D eigenvalue weighted by atomic mass is 35.5. The number of hydrogen-bond donors (Lipinski definition) is 2. The van der Waals surface area contributed by atoms with Crippen molar-refractivity contribution in [1.82, 2.24) is 4.90 Å². The summed E-state index contributed by atoms with van der Waals surface area (Å²) in [4.78, 5) is 12.3. The van der Waals surface area contributed by atoms with E-state index in [0.717, 1.165) is 6.07 Å². The SMILES string of the molecule is O=C(CN(CCO)CC(F)(F)F)Nc1ccc(Cl)cc1F. The molecule has 9 heteroatoms. The van der Waals surface area contributed by atoms with Gasteiger partial charge in [-0.25, -0.2) is 4.39 Å². The zero-order valence-corrected chi connectivity index (χ0v) is 11.5. The fourth-order valence-electron chi connectivity index (χ4n) is 1.59. The number of anilines is 1. The second-order valence-corrected chi connectivity index (χ2v) is 4.66. The summed E-state index contributed by atoms with van der Waals surface area (Å²) in [5, 5.41) is 11.0. The van der Waals surface area contributed by atoms with Gasteiger partial charge in [-0.3, -0.25) is 9.69 Å². The van der Waals surface area contributed by atoms with Crippen molar-refractivity contribution in [2.24, 2.45) is 0 Å². The molecule has 0 aliphatic rings. The van der Waals surface area contributed by atoms with Gasteiger partial charge in [-0.2, -0.15) is 13.2 Å². The molecule has 0 aromatic heterocycles. The number of rotatable bonds is 6. The first-order chi connectivity index (χ1) is 9.71. The second kappa shape index (κ2) is 7.58. The maximum Gasteiger partial charge on any atom is 0.401 e. The number of carbonyl (C=O) groups excluding carboxylic acids is 1. The van der Waals surface area contributed by atoms with Crippen molar-refractivity contribution >= 4 is 23.2 Å². The molecule has 0 aliphatic carbocycles. The Kier molecular flexibility index (Phi) is 6.38. The molecule has 0 heterocycles. The Hall–Kier alpha value is -1.38. The minimum absolute atomic E-state index is 0.129. The molecular formula is C12H13ClF4N2O2. The molecule has 0 fully saturated rings. The molecular weight excluding hydrogens is 316 g/mol. The van der Waals surface area contributed by atoms with E-state index in [4.69, 9.17) is 16.7 Å². The van der Waals surface area contributed by atoms with Crippen LogP contribution in [-0.4, -0.2) is 48.3 Å². The van der Waals surface area contributed by atoms with Gasteiger partial charge in [0.25, 0.3) is 0 Å². The molecule has 118 valence electrons. The van der Waals surface area contributed by atoms with Gasteiger partial charge in [0.15, 0.2) is 0 Å². The highest BCUT2D eigenvalue weighted by Crippen LogP contribution is 2.19. The normalized spacial score (nSPS) is 11.8. The van der Waals surface area contributed by atoms with E-state index in [1.165, 1.54) is 12.1 Å². The van der Waals surface area contributed by atoms with Gasteiger partial charge >= 0.3 is 6.18 Å². The van der Waals surface area contributed by atoms with Gasteiger partial charge < -0.3 is 10.4 Å². The lowest BCUT2D eigenvalue weighted by Gasteiger charge is -2.22. The molecule has 1 amide bonds. The van der Waals surface area contributed by atoms with Crippen LogP contribution in [0.5, 0.6) is 0 Å². The van der Waals surface area contributed by atoms with Crippen molar-refractivity contribution in [3.8, 4) is 0 Å². The molecule has 0 radical (unpaired) electrons. The van der Waals surface area contributed by atoms with Crippen LogP contribution in [0.15, 0.2) is 18.2 Å². The van der Waals surface area contributed by atoms with Gasteiger partial charge in [0.2, 0.25) is 5.91 Å².